The number of furan rings is 1. The van der Waals surface area contributed by atoms with Crippen LogP contribution in [-0.2, 0) is 0 Å². The van der Waals surface area contributed by atoms with Gasteiger partial charge in [0.05, 0.1) is 20.4 Å². The van der Waals surface area contributed by atoms with Gasteiger partial charge in [-0.05, 0) is 21.7 Å². The molecule has 0 aliphatic rings. The summed E-state index contributed by atoms with van der Waals surface area (Å²) in [5.41, 5.74) is -1.22. The van der Waals surface area contributed by atoms with Crippen LogP contribution in [-0.4, -0.2) is 9.85 Å². The van der Waals surface area contributed by atoms with Gasteiger partial charge in [0.1, 0.15) is 5.76 Å². The molecule has 0 unspecified atom stereocenters. The normalized spacial score (nSPS) is 10.8. The molecule has 0 aliphatic carbocycles. The summed E-state index contributed by atoms with van der Waals surface area (Å²) in [5, 5.41) is 34.2. The minimum Gasteiger partial charge on any atom is -0.867 e. The van der Waals surface area contributed by atoms with Crippen molar-refractivity contribution in [3.63, 3.8) is 0 Å². The summed E-state index contributed by atoms with van der Waals surface area (Å²) in [7, 11) is 0. The van der Waals surface area contributed by atoms with Crippen LogP contribution in [0.3, 0.4) is 0 Å². The molecule has 0 saturated carbocycles. The van der Waals surface area contributed by atoms with Crippen LogP contribution in [0, 0.1) is 20.2 Å². The van der Waals surface area contributed by atoms with E-state index < -0.39 is 27.0 Å². The first-order valence-electron chi connectivity index (χ1n) is 6.22. The van der Waals surface area contributed by atoms with Crippen molar-refractivity contribution in [2.45, 2.75) is 0 Å². The van der Waals surface area contributed by atoms with Gasteiger partial charge in [-0.1, -0.05) is 30.3 Å². The molecule has 0 radical (unpaired) electrons. The molecular weight excluding hydrogens is 372 g/mol. The Morgan fingerprint density at radius 1 is 1.00 bits per heavy atom. The molecular formula is C14H6BrN2O6-. The molecule has 0 fully saturated rings. The van der Waals surface area contributed by atoms with E-state index >= 15 is 0 Å². The maximum atomic E-state index is 12.3. The Morgan fingerprint density at radius 3 is 2.17 bits per heavy atom. The summed E-state index contributed by atoms with van der Waals surface area (Å²) in [5.74, 6) is -0.741. The second-order valence-electron chi connectivity index (χ2n) is 4.57. The zero-order valence-corrected chi connectivity index (χ0v) is 12.8. The molecule has 8 nitrogen and oxygen atoms in total. The van der Waals surface area contributed by atoms with Crippen LogP contribution in [0.1, 0.15) is 0 Å². The summed E-state index contributed by atoms with van der Waals surface area (Å²) in [4.78, 5) is 20.4. The minimum absolute atomic E-state index is 0.149. The lowest BCUT2D eigenvalue weighted by Crippen LogP contribution is -2.00. The van der Waals surface area contributed by atoms with Crippen LogP contribution in [0.5, 0.6) is 5.75 Å². The molecule has 3 rings (SSSR count). The van der Waals surface area contributed by atoms with Crippen molar-refractivity contribution >= 4 is 38.3 Å². The highest BCUT2D eigenvalue weighted by Gasteiger charge is 2.28. The second-order valence-corrected chi connectivity index (χ2v) is 5.37. The SMILES string of the molecule is O=[N+]([O-])c1cc([N+](=O)[O-])c2oc(-c3ccccc3)c(Br)c2c1[O-]. The average Bonchev–Trinajstić information content (AvgIpc) is 2.86. The summed E-state index contributed by atoms with van der Waals surface area (Å²) in [6, 6.07) is 9.22. The van der Waals surface area contributed by atoms with E-state index in [9.17, 15) is 25.3 Å². The number of nitrogens with zero attached hydrogens (tertiary/aromatic N) is 2. The predicted molar refractivity (Wildman–Crippen MR) is 82.1 cm³/mol. The number of hydrogen-bond acceptors (Lipinski definition) is 6. The fourth-order valence-electron chi connectivity index (χ4n) is 2.23. The van der Waals surface area contributed by atoms with E-state index in [-0.39, 0.29) is 21.2 Å². The Kier molecular flexibility index (Phi) is 3.49. The smallest absolute Gasteiger partial charge is 0.319 e. The topological polar surface area (TPSA) is 122 Å². The van der Waals surface area contributed by atoms with Gasteiger partial charge in [-0.25, -0.2) is 0 Å². The second kappa shape index (κ2) is 5.36. The molecule has 3 aromatic rings. The summed E-state index contributed by atoms with van der Waals surface area (Å²) in [6.45, 7) is 0. The molecule has 116 valence electrons. The molecule has 0 aliphatic heterocycles. The third kappa shape index (κ3) is 2.30. The number of nitro groups is 2. The largest absolute Gasteiger partial charge is 0.867 e. The molecule has 0 saturated heterocycles. The van der Waals surface area contributed by atoms with Gasteiger partial charge in [-0.3, -0.25) is 20.2 Å². The quantitative estimate of drug-likeness (QED) is 0.505. The fourth-order valence-corrected chi connectivity index (χ4v) is 2.90. The number of benzene rings is 2. The van der Waals surface area contributed by atoms with Gasteiger partial charge in [-0.2, -0.15) is 0 Å². The highest BCUT2D eigenvalue weighted by Crippen LogP contribution is 2.47. The molecule has 2 aromatic carbocycles. The Hall–Kier alpha value is -2.94. The summed E-state index contributed by atoms with van der Waals surface area (Å²) >= 11 is 3.17. The van der Waals surface area contributed by atoms with Crippen molar-refractivity contribution in [2.24, 2.45) is 0 Å². The molecule has 1 aromatic heterocycles. The van der Waals surface area contributed by atoms with Gasteiger partial charge in [0.25, 0.3) is 5.69 Å². The maximum Gasteiger partial charge on any atom is 0.319 e. The van der Waals surface area contributed by atoms with Crippen LogP contribution in [0.4, 0.5) is 11.4 Å². The van der Waals surface area contributed by atoms with Crippen molar-refractivity contribution in [1.29, 1.82) is 0 Å². The summed E-state index contributed by atoms with van der Waals surface area (Å²) in [6.07, 6.45) is 0. The lowest BCUT2D eigenvalue weighted by molar-refractivity contribution is -0.402. The van der Waals surface area contributed by atoms with Crippen LogP contribution >= 0.6 is 15.9 Å². The zero-order valence-electron chi connectivity index (χ0n) is 11.2. The van der Waals surface area contributed by atoms with E-state index in [4.69, 9.17) is 4.42 Å². The number of hydrogen-bond donors (Lipinski definition) is 0. The third-order valence-electron chi connectivity index (χ3n) is 3.25. The van der Waals surface area contributed by atoms with Crippen molar-refractivity contribution in [3.05, 3.63) is 61.1 Å². The highest BCUT2D eigenvalue weighted by molar-refractivity contribution is 9.10. The number of rotatable bonds is 3. The molecule has 9 heteroatoms. The van der Waals surface area contributed by atoms with Crippen molar-refractivity contribution in [2.75, 3.05) is 0 Å². The van der Waals surface area contributed by atoms with Gasteiger partial charge in [-0.15, -0.1) is 0 Å². The van der Waals surface area contributed by atoms with E-state index in [2.05, 4.69) is 15.9 Å². The third-order valence-corrected chi connectivity index (χ3v) is 4.00. The van der Waals surface area contributed by atoms with Crippen molar-refractivity contribution < 1.29 is 19.4 Å². The first-order chi connectivity index (χ1) is 10.9. The lowest BCUT2D eigenvalue weighted by atomic mass is 10.1. The molecule has 0 spiro atoms. The zero-order chi connectivity index (χ0) is 16.7. The minimum atomic E-state index is -0.948. The van der Waals surface area contributed by atoms with Gasteiger partial charge < -0.3 is 9.52 Å². The van der Waals surface area contributed by atoms with Gasteiger partial charge in [0.15, 0.2) is 0 Å². The Balaban J connectivity index is 2.44. The highest BCUT2D eigenvalue weighted by atomic mass is 79.9. The number of nitro benzene ring substituents is 2. The van der Waals surface area contributed by atoms with E-state index in [1.165, 1.54) is 0 Å². The average molecular weight is 378 g/mol. The van der Waals surface area contributed by atoms with Crippen LogP contribution < -0.4 is 5.11 Å². The molecule has 23 heavy (non-hydrogen) atoms. The molecule has 0 atom stereocenters. The molecule has 0 N–H and O–H groups in total. The Morgan fingerprint density at radius 2 is 1.61 bits per heavy atom. The number of fused-ring (bicyclic) bond motifs is 1. The van der Waals surface area contributed by atoms with E-state index in [1.807, 2.05) is 0 Å². The summed E-state index contributed by atoms with van der Waals surface area (Å²) < 4.78 is 5.63. The monoisotopic (exact) mass is 377 g/mol. The lowest BCUT2D eigenvalue weighted by Gasteiger charge is -2.07. The van der Waals surface area contributed by atoms with Crippen LogP contribution in [0.2, 0.25) is 0 Å². The number of non-ortho nitro benzene ring substituents is 1. The Labute approximate surface area is 136 Å². The standard InChI is InChI=1S/C14H7BrN2O6/c15-11-10-12(18)8(16(19)20)6-9(17(21)22)14(10)23-13(11)7-4-2-1-3-5-7/h1-6,18H/p-1. The maximum absolute atomic E-state index is 12.3. The van der Waals surface area contributed by atoms with E-state index in [0.717, 1.165) is 0 Å². The number of halogens is 1. The van der Waals surface area contributed by atoms with Gasteiger partial charge in [0, 0.05) is 10.9 Å². The molecule has 0 bridgehead atoms. The van der Waals surface area contributed by atoms with E-state index in [1.54, 1.807) is 30.3 Å². The molecule has 0 amide bonds. The first-order valence-corrected chi connectivity index (χ1v) is 7.01. The first kappa shape index (κ1) is 15.0. The van der Waals surface area contributed by atoms with Crippen molar-refractivity contribution in [1.82, 2.24) is 0 Å². The molecule has 1 heterocycles. The van der Waals surface area contributed by atoms with Gasteiger partial charge in [0.2, 0.25) is 5.58 Å². The Bertz CT molecular complexity index is 951. The van der Waals surface area contributed by atoms with Crippen LogP contribution in [0.25, 0.3) is 22.3 Å². The fraction of sp³-hybridized carbons (Fsp3) is 0. The van der Waals surface area contributed by atoms with Crippen LogP contribution in [0.15, 0.2) is 45.3 Å². The van der Waals surface area contributed by atoms with E-state index in [0.29, 0.717) is 11.6 Å². The van der Waals surface area contributed by atoms with Crippen molar-refractivity contribution in [3.8, 4) is 17.1 Å². The predicted octanol–water partition coefficient (Wildman–Crippen LogP) is 3.75. The van der Waals surface area contributed by atoms with Gasteiger partial charge >= 0.3 is 5.69 Å².